The highest BCUT2D eigenvalue weighted by molar-refractivity contribution is 5.70. The van der Waals surface area contributed by atoms with Gasteiger partial charge in [-0.3, -0.25) is 0 Å². The van der Waals surface area contributed by atoms with Gasteiger partial charge in [0.2, 0.25) is 0 Å². The molecule has 23 heavy (non-hydrogen) atoms. The number of hydrogen-bond donors (Lipinski definition) is 0. The minimum absolute atomic E-state index is 0.0828. The van der Waals surface area contributed by atoms with Crippen molar-refractivity contribution in [3.05, 3.63) is 0 Å². The quantitative estimate of drug-likeness (QED) is 0.786. The number of likely N-dealkylation sites (tertiary alicyclic amines) is 2. The Bertz CT molecular complexity index is 415. The number of amides is 1. The van der Waals surface area contributed by atoms with Gasteiger partial charge in [0.25, 0.3) is 0 Å². The molecule has 134 valence electrons. The number of nitrogens with zero attached hydrogens (tertiary/aromatic N) is 2. The summed E-state index contributed by atoms with van der Waals surface area (Å²) in [5.74, 6) is 0.851. The van der Waals surface area contributed by atoms with Crippen LogP contribution in [-0.4, -0.2) is 54.2 Å². The summed E-state index contributed by atoms with van der Waals surface area (Å²) < 4.78 is 5.93. The van der Waals surface area contributed by atoms with Gasteiger partial charge in [0, 0.05) is 19.6 Å². The van der Waals surface area contributed by atoms with E-state index in [0.29, 0.717) is 11.8 Å². The van der Waals surface area contributed by atoms with E-state index in [4.69, 9.17) is 4.74 Å². The standard InChI is InChI=1S/C19H36N2O2/c1-14(2)19(15(3)4)12-18(5,6)13-21(19)17(22)23-16-8-10-20(7)11-9-16/h14-16H,8-13H2,1-7H3. The first-order chi connectivity index (χ1) is 10.6. The van der Waals surface area contributed by atoms with E-state index in [1.165, 1.54) is 0 Å². The summed E-state index contributed by atoms with van der Waals surface area (Å²) in [5, 5.41) is 0. The molecular weight excluding hydrogens is 288 g/mol. The summed E-state index contributed by atoms with van der Waals surface area (Å²) in [4.78, 5) is 17.4. The van der Waals surface area contributed by atoms with E-state index in [1.807, 2.05) is 0 Å². The lowest BCUT2D eigenvalue weighted by Crippen LogP contribution is -2.55. The zero-order valence-electron chi connectivity index (χ0n) is 16.2. The zero-order valence-corrected chi connectivity index (χ0v) is 16.2. The van der Waals surface area contributed by atoms with E-state index in [1.54, 1.807) is 0 Å². The maximum Gasteiger partial charge on any atom is 0.410 e. The smallest absolute Gasteiger partial charge is 0.410 e. The van der Waals surface area contributed by atoms with Gasteiger partial charge in [-0.25, -0.2) is 4.79 Å². The molecule has 2 heterocycles. The van der Waals surface area contributed by atoms with Crippen molar-refractivity contribution in [1.82, 2.24) is 9.80 Å². The predicted molar refractivity (Wildman–Crippen MR) is 94.5 cm³/mol. The molecule has 0 spiro atoms. The summed E-state index contributed by atoms with van der Waals surface area (Å²) in [7, 11) is 2.13. The average Bonchev–Trinajstić information content (AvgIpc) is 2.75. The van der Waals surface area contributed by atoms with Crippen LogP contribution in [0.3, 0.4) is 0 Å². The molecule has 4 nitrogen and oxygen atoms in total. The van der Waals surface area contributed by atoms with Crippen LogP contribution in [-0.2, 0) is 4.74 Å². The molecule has 0 radical (unpaired) electrons. The molecule has 0 saturated carbocycles. The van der Waals surface area contributed by atoms with Gasteiger partial charge in [-0.2, -0.15) is 0 Å². The summed E-state index contributed by atoms with van der Waals surface area (Å²) in [5.41, 5.74) is 0.0619. The Labute approximate surface area is 142 Å². The van der Waals surface area contributed by atoms with E-state index >= 15 is 0 Å². The van der Waals surface area contributed by atoms with Crippen molar-refractivity contribution in [3.63, 3.8) is 0 Å². The van der Waals surface area contributed by atoms with E-state index < -0.39 is 0 Å². The second-order valence-electron chi connectivity index (χ2n) is 9.11. The summed E-state index contributed by atoms with van der Waals surface area (Å²) in [6.45, 7) is 16.4. The molecule has 0 aromatic carbocycles. The first-order valence-corrected chi connectivity index (χ1v) is 9.25. The van der Waals surface area contributed by atoms with Crippen LogP contribution in [0.4, 0.5) is 4.79 Å². The SMILES string of the molecule is CC(C)C1(C(C)C)CC(C)(C)CN1C(=O)OC1CCN(C)CC1. The molecule has 0 N–H and O–H groups in total. The van der Waals surface area contributed by atoms with Crippen LogP contribution in [0, 0.1) is 17.3 Å². The molecule has 0 bridgehead atoms. The number of carbonyl (C=O) groups is 1. The second kappa shape index (κ2) is 6.62. The van der Waals surface area contributed by atoms with E-state index in [0.717, 1.165) is 38.9 Å². The molecule has 2 rings (SSSR count). The fraction of sp³-hybridized carbons (Fsp3) is 0.947. The van der Waals surface area contributed by atoms with E-state index in [-0.39, 0.29) is 23.2 Å². The highest BCUT2D eigenvalue weighted by atomic mass is 16.6. The minimum Gasteiger partial charge on any atom is -0.446 e. The summed E-state index contributed by atoms with van der Waals surface area (Å²) in [6, 6.07) is 0. The largest absolute Gasteiger partial charge is 0.446 e. The maximum atomic E-state index is 13.0. The Morgan fingerprint density at radius 1 is 1.09 bits per heavy atom. The molecule has 0 aromatic rings. The number of rotatable bonds is 3. The number of carbonyl (C=O) groups excluding carboxylic acids is 1. The Morgan fingerprint density at radius 2 is 1.61 bits per heavy atom. The van der Waals surface area contributed by atoms with Crippen molar-refractivity contribution in [2.45, 2.75) is 72.4 Å². The fourth-order valence-electron chi connectivity index (χ4n) is 4.73. The lowest BCUT2D eigenvalue weighted by atomic mass is 9.71. The lowest BCUT2D eigenvalue weighted by molar-refractivity contribution is -0.00701. The molecule has 1 amide bonds. The Balaban J connectivity index is 2.15. The van der Waals surface area contributed by atoms with E-state index in [9.17, 15) is 4.79 Å². The second-order valence-corrected chi connectivity index (χ2v) is 9.11. The average molecular weight is 325 g/mol. The van der Waals surface area contributed by atoms with Crippen LogP contribution in [0.5, 0.6) is 0 Å². The molecule has 2 saturated heterocycles. The van der Waals surface area contributed by atoms with Crippen LogP contribution in [0.25, 0.3) is 0 Å². The molecule has 2 fully saturated rings. The van der Waals surface area contributed by atoms with Crippen LogP contribution < -0.4 is 0 Å². The van der Waals surface area contributed by atoms with Crippen LogP contribution in [0.15, 0.2) is 0 Å². The molecule has 0 atom stereocenters. The van der Waals surface area contributed by atoms with Crippen LogP contribution in [0.1, 0.15) is 60.8 Å². The number of ether oxygens (including phenoxy) is 1. The monoisotopic (exact) mass is 324 g/mol. The molecule has 2 aliphatic rings. The Morgan fingerprint density at radius 3 is 2.09 bits per heavy atom. The minimum atomic E-state index is -0.0912. The van der Waals surface area contributed by atoms with Gasteiger partial charge in [-0.1, -0.05) is 41.5 Å². The number of hydrogen-bond acceptors (Lipinski definition) is 3. The predicted octanol–water partition coefficient (Wildman–Crippen LogP) is 4.00. The van der Waals surface area contributed by atoms with Crippen molar-refractivity contribution in [2.24, 2.45) is 17.3 Å². The first-order valence-electron chi connectivity index (χ1n) is 9.25. The van der Waals surface area contributed by atoms with Gasteiger partial charge >= 0.3 is 6.09 Å². The Hall–Kier alpha value is -0.770. The van der Waals surface area contributed by atoms with Gasteiger partial charge in [-0.05, 0) is 43.6 Å². The highest BCUT2D eigenvalue weighted by Crippen LogP contribution is 2.49. The zero-order chi connectivity index (χ0) is 17.4. The van der Waals surface area contributed by atoms with Crippen molar-refractivity contribution in [2.75, 3.05) is 26.7 Å². The van der Waals surface area contributed by atoms with E-state index in [2.05, 4.69) is 58.4 Å². The van der Waals surface area contributed by atoms with Gasteiger partial charge in [0.1, 0.15) is 6.10 Å². The fourth-order valence-corrected chi connectivity index (χ4v) is 4.73. The molecule has 0 unspecified atom stereocenters. The third kappa shape index (κ3) is 3.67. The van der Waals surface area contributed by atoms with Crippen molar-refractivity contribution in [3.8, 4) is 0 Å². The molecule has 0 aromatic heterocycles. The third-order valence-corrected chi connectivity index (χ3v) is 6.00. The van der Waals surface area contributed by atoms with Gasteiger partial charge in [0.15, 0.2) is 0 Å². The highest BCUT2D eigenvalue weighted by Gasteiger charge is 2.55. The normalized spacial score (nSPS) is 25.3. The molecule has 4 heteroatoms. The van der Waals surface area contributed by atoms with Gasteiger partial charge in [0.05, 0.1) is 5.54 Å². The lowest BCUT2D eigenvalue weighted by Gasteiger charge is -2.45. The van der Waals surface area contributed by atoms with Crippen molar-refractivity contribution >= 4 is 6.09 Å². The third-order valence-electron chi connectivity index (χ3n) is 6.00. The molecule has 2 aliphatic heterocycles. The molecular formula is C19H36N2O2. The first kappa shape index (κ1) is 18.6. The van der Waals surface area contributed by atoms with Gasteiger partial charge in [-0.15, -0.1) is 0 Å². The van der Waals surface area contributed by atoms with Crippen molar-refractivity contribution < 1.29 is 9.53 Å². The maximum absolute atomic E-state index is 13.0. The molecule has 0 aliphatic carbocycles. The van der Waals surface area contributed by atoms with Gasteiger partial charge < -0.3 is 14.5 Å². The van der Waals surface area contributed by atoms with Crippen molar-refractivity contribution in [1.29, 1.82) is 0 Å². The Kier molecular flexibility index (Phi) is 5.34. The van der Waals surface area contributed by atoms with Crippen LogP contribution in [0.2, 0.25) is 0 Å². The number of piperidine rings is 1. The summed E-state index contributed by atoms with van der Waals surface area (Å²) >= 11 is 0. The van der Waals surface area contributed by atoms with Crippen LogP contribution >= 0.6 is 0 Å². The summed E-state index contributed by atoms with van der Waals surface area (Å²) in [6.07, 6.45) is 2.95. The topological polar surface area (TPSA) is 32.8 Å².